The van der Waals surface area contributed by atoms with Crippen LogP contribution < -0.4 is 10.5 Å². The molecular formula is C15H22N2O2. The number of piperidine rings is 1. The minimum Gasteiger partial charge on any atom is -0.371 e. The van der Waals surface area contributed by atoms with Crippen molar-refractivity contribution in [3.63, 3.8) is 0 Å². The van der Waals surface area contributed by atoms with E-state index in [1.165, 1.54) is 0 Å². The highest BCUT2D eigenvalue weighted by Gasteiger charge is 2.21. The Hall–Kier alpha value is -1.58. The Labute approximate surface area is 114 Å². The highest BCUT2D eigenvalue weighted by Crippen LogP contribution is 2.24. The Morgan fingerprint density at radius 1 is 1.37 bits per heavy atom. The third kappa shape index (κ3) is 2.57. The van der Waals surface area contributed by atoms with Gasteiger partial charge in [0.15, 0.2) is 6.29 Å². The number of nitrogens with zero attached hydrogens (tertiary/aromatic N) is 2. The summed E-state index contributed by atoms with van der Waals surface area (Å²) in [7, 11) is 0. The summed E-state index contributed by atoms with van der Waals surface area (Å²) < 4.78 is 1.65. The van der Waals surface area contributed by atoms with Crippen LogP contribution in [0.25, 0.3) is 0 Å². The molecule has 0 atom stereocenters. The molecule has 0 radical (unpaired) electrons. The maximum Gasteiger partial charge on any atom is 0.263 e. The van der Waals surface area contributed by atoms with E-state index < -0.39 is 0 Å². The minimum atomic E-state index is -0.161. The Morgan fingerprint density at radius 2 is 2.00 bits per heavy atom. The van der Waals surface area contributed by atoms with Crippen molar-refractivity contribution in [1.82, 2.24) is 4.57 Å². The lowest BCUT2D eigenvalue weighted by atomic mass is 9.98. The monoisotopic (exact) mass is 262 g/mol. The molecular weight excluding hydrogens is 240 g/mol. The molecule has 0 unspecified atom stereocenters. The maximum absolute atomic E-state index is 12.3. The summed E-state index contributed by atoms with van der Waals surface area (Å²) in [5.74, 6) is 0.730. The van der Waals surface area contributed by atoms with Gasteiger partial charge in [0.25, 0.3) is 5.56 Å². The molecule has 2 rings (SSSR count). The fraction of sp³-hybridized carbons (Fsp3) is 0.600. The molecule has 4 nitrogen and oxygen atoms in total. The number of pyridine rings is 1. The van der Waals surface area contributed by atoms with Crippen LogP contribution in [0.15, 0.2) is 10.9 Å². The van der Waals surface area contributed by atoms with E-state index in [0.717, 1.165) is 43.2 Å². The normalized spacial score (nSPS) is 16.7. The first-order valence-electron chi connectivity index (χ1n) is 7.03. The van der Waals surface area contributed by atoms with Crippen molar-refractivity contribution in [2.45, 2.75) is 40.2 Å². The predicted octanol–water partition coefficient (Wildman–Crippen LogP) is 2.23. The summed E-state index contributed by atoms with van der Waals surface area (Å²) in [6.07, 6.45) is 2.95. The van der Waals surface area contributed by atoms with Crippen molar-refractivity contribution in [1.29, 1.82) is 0 Å². The minimum absolute atomic E-state index is 0.161. The van der Waals surface area contributed by atoms with Gasteiger partial charge in [-0.1, -0.05) is 6.92 Å². The summed E-state index contributed by atoms with van der Waals surface area (Å²) in [4.78, 5) is 25.8. The average Bonchev–Trinajstić information content (AvgIpc) is 2.39. The molecule has 0 aromatic carbocycles. The highest BCUT2D eigenvalue weighted by molar-refractivity contribution is 5.84. The number of anilines is 1. The van der Waals surface area contributed by atoms with Gasteiger partial charge in [-0.25, -0.2) is 0 Å². The number of hydrogen-bond donors (Lipinski definition) is 0. The molecule has 19 heavy (non-hydrogen) atoms. The third-order valence-electron chi connectivity index (χ3n) is 4.08. The molecule has 1 aromatic heterocycles. The van der Waals surface area contributed by atoms with E-state index in [4.69, 9.17) is 0 Å². The fourth-order valence-corrected chi connectivity index (χ4v) is 2.78. The lowest BCUT2D eigenvalue weighted by Gasteiger charge is -2.33. The lowest BCUT2D eigenvalue weighted by Crippen LogP contribution is -2.36. The first-order chi connectivity index (χ1) is 9.08. The molecule has 0 spiro atoms. The zero-order chi connectivity index (χ0) is 14.0. The average molecular weight is 262 g/mol. The summed E-state index contributed by atoms with van der Waals surface area (Å²) in [5.41, 5.74) is 1.88. The van der Waals surface area contributed by atoms with Crippen LogP contribution in [-0.2, 0) is 6.54 Å². The molecule has 4 heteroatoms. The van der Waals surface area contributed by atoms with Crippen molar-refractivity contribution in [2.75, 3.05) is 18.0 Å². The summed E-state index contributed by atoms with van der Waals surface area (Å²) >= 11 is 0. The van der Waals surface area contributed by atoms with Crippen LogP contribution in [0.5, 0.6) is 0 Å². The van der Waals surface area contributed by atoms with E-state index >= 15 is 0 Å². The first kappa shape index (κ1) is 13.8. The van der Waals surface area contributed by atoms with Crippen LogP contribution >= 0.6 is 0 Å². The van der Waals surface area contributed by atoms with Gasteiger partial charge in [-0.3, -0.25) is 9.59 Å². The molecule has 0 saturated carbocycles. The Morgan fingerprint density at radius 3 is 2.53 bits per heavy atom. The molecule has 0 aliphatic carbocycles. The second-order valence-electron chi connectivity index (χ2n) is 5.42. The molecule has 1 saturated heterocycles. The zero-order valence-corrected chi connectivity index (χ0v) is 12.0. The summed E-state index contributed by atoms with van der Waals surface area (Å²) in [6.45, 7) is 8.55. The predicted molar refractivity (Wildman–Crippen MR) is 77.1 cm³/mol. The molecule has 1 fully saturated rings. The first-order valence-corrected chi connectivity index (χ1v) is 7.03. The van der Waals surface area contributed by atoms with Gasteiger partial charge in [0.05, 0.1) is 5.69 Å². The fourth-order valence-electron chi connectivity index (χ4n) is 2.78. The van der Waals surface area contributed by atoms with Gasteiger partial charge in [0.2, 0.25) is 0 Å². The lowest BCUT2D eigenvalue weighted by molar-refractivity contribution is 0.112. The maximum atomic E-state index is 12.3. The largest absolute Gasteiger partial charge is 0.371 e. The molecule has 0 N–H and O–H groups in total. The number of carbonyl (C=O) groups excluding carboxylic acids is 1. The van der Waals surface area contributed by atoms with Crippen molar-refractivity contribution >= 4 is 12.0 Å². The van der Waals surface area contributed by atoms with Crippen LogP contribution in [0.4, 0.5) is 5.69 Å². The van der Waals surface area contributed by atoms with E-state index in [2.05, 4.69) is 11.8 Å². The van der Waals surface area contributed by atoms with Crippen molar-refractivity contribution in [3.8, 4) is 0 Å². The van der Waals surface area contributed by atoms with Gasteiger partial charge in [0.1, 0.15) is 5.56 Å². The molecule has 104 valence electrons. The summed E-state index contributed by atoms with van der Waals surface area (Å²) in [5, 5.41) is 0. The Bertz CT molecular complexity index is 526. The Balaban J connectivity index is 2.46. The third-order valence-corrected chi connectivity index (χ3v) is 4.08. The van der Waals surface area contributed by atoms with Crippen molar-refractivity contribution in [3.05, 3.63) is 27.7 Å². The van der Waals surface area contributed by atoms with E-state index in [-0.39, 0.29) is 5.56 Å². The second kappa shape index (κ2) is 5.59. The second-order valence-corrected chi connectivity index (χ2v) is 5.42. The summed E-state index contributed by atoms with van der Waals surface area (Å²) in [6, 6.07) is 1.98. The van der Waals surface area contributed by atoms with Crippen LogP contribution in [-0.4, -0.2) is 23.9 Å². The highest BCUT2D eigenvalue weighted by atomic mass is 16.1. The van der Waals surface area contributed by atoms with Gasteiger partial charge < -0.3 is 9.47 Å². The topological polar surface area (TPSA) is 42.3 Å². The van der Waals surface area contributed by atoms with Crippen LogP contribution in [0.2, 0.25) is 0 Å². The van der Waals surface area contributed by atoms with Crippen LogP contribution in [0.1, 0.15) is 42.7 Å². The van der Waals surface area contributed by atoms with Gasteiger partial charge in [0, 0.05) is 25.3 Å². The van der Waals surface area contributed by atoms with E-state index in [1.54, 1.807) is 4.57 Å². The van der Waals surface area contributed by atoms with Crippen molar-refractivity contribution in [2.24, 2.45) is 5.92 Å². The number of aldehydes is 1. The molecule has 2 heterocycles. The van der Waals surface area contributed by atoms with E-state index in [9.17, 15) is 9.59 Å². The van der Waals surface area contributed by atoms with Crippen LogP contribution in [0.3, 0.4) is 0 Å². The molecule has 1 aliphatic rings. The van der Waals surface area contributed by atoms with Gasteiger partial charge in [-0.2, -0.15) is 0 Å². The Kier molecular flexibility index (Phi) is 4.08. The molecule has 0 bridgehead atoms. The van der Waals surface area contributed by atoms with E-state index in [1.807, 2.05) is 19.9 Å². The smallest absolute Gasteiger partial charge is 0.263 e. The van der Waals surface area contributed by atoms with Gasteiger partial charge in [-0.05, 0) is 38.7 Å². The van der Waals surface area contributed by atoms with Gasteiger partial charge >= 0.3 is 0 Å². The molecule has 1 aromatic rings. The quantitative estimate of drug-likeness (QED) is 0.784. The van der Waals surface area contributed by atoms with Crippen molar-refractivity contribution < 1.29 is 4.79 Å². The number of hydrogen-bond acceptors (Lipinski definition) is 3. The number of rotatable bonds is 3. The number of aromatic nitrogens is 1. The van der Waals surface area contributed by atoms with E-state index in [0.29, 0.717) is 18.4 Å². The standard InChI is InChI=1S/C15H22N2O2/c1-4-17-12(3)9-14(13(10-18)15(17)19)16-7-5-11(2)6-8-16/h9-11H,4-8H2,1-3H3. The molecule has 0 amide bonds. The van der Waals surface area contributed by atoms with Gasteiger partial charge in [-0.15, -0.1) is 0 Å². The molecule has 1 aliphatic heterocycles. The number of carbonyl (C=O) groups is 1. The number of aryl methyl sites for hydroxylation is 1. The van der Waals surface area contributed by atoms with Crippen LogP contribution in [0, 0.1) is 12.8 Å². The SMILES string of the molecule is CCn1c(C)cc(N2CCC(C)CC2)c(C=O)c1=O. The zero-order valence-electron chi connectivity index (χ0n) is 12.0.